The first-order valence-electron chi connectivity index (χ1n) is 8.82. The number of benzene rings is 1. The number of rotatable bonds is 2. The van der Waals surface area contributed by atoms with Gasteiger partial charge in [-0.15, -0.1) is 0 Å². The molecule has 0 unspecified atom stereocenters. The number of fused-ring (bicyclic) bond motifs is 1. The minimum atomic E-state index is -1.68. The molecule has 3 rings (SSSR count). The zero-order valence-electron chi connectivity index (χ0n) is 15.3. The Bertz CT molecular complexity index is 923. The molecule has 1 aliphatic carbocycles. The Morgan fingerprint density at radius 3 is 2.33 bits per heavy atom. The molecule has 2 N–H and O–H groups in total. The standard InChI is InChI=1S/C21H20FN5/c1-13(2)27-8-7-16-17(9-23)20(26)21(11-24,12-25)19(18(16)10-27)14-3-5-15(22)6-4-14/h3-7,13,18-19H,8,10,26H2,1-2H3/t18-,19-/m0/s1. The summed E-state index contributed by atoms with van der Waals surface area (Å²) in [7, 11) is 0. The summed E-state index contributed by atoms with van der Waals surface area (Å²) in [6.45, 7) is 5.41. The Morgan fingerprint density at radius 1 is 1.19 bits per heavy atom. The molecule has 0 amide bonds. The van der Waals surface area contributed by atoms with Crippen LogP contribution < -0.4 is 5.73 Å². The highest BCUT2D eigenvalue weighted by atomic mass is 19.1. The molecule has 6 heteroatoms. The van der Waals surface area contributed by atoms with Gasteiger partial charge in [0.1, 0.15) is 11.9 Å². The maximum atomic E-state index is 13.5. The van der Waals surface area contributed by atoms with E-state index in [0.29, 0.717) is 18.7 Å². The molecule has 1 aromatic carbocycles. The van der Waals surface area contributed by atoms with E-state index in [0.717, 1.165) is 5.57 Å². The fourth-order valence-electron chi connectivity index (χ4n) is 4.17. The molecule has 0 radical (unpaired) electrons. The molecule has 5 nitrogen and oxygen atoms in total. The van der Waals surface area contributed by atoms with Crippen molar-refractivity contribution >= 4 is 0 Å². The minimum Gasteiger partial charge on any atom is -0.399 e. The zero-order valence-corrected chi connectivity index (χ0v) is 15.3. The van der Waals surface area contributed by atoms with Crippen molar-refractivity contribution in [2.75, 3.05) is 13.1 Å². The Morgan fingerprint density at radius 2 is 1.81 bits per heavy atom. The zero-order chi connectivity index (χ0) is 19.8. The van der Waals surface area contributed by atoms with Crippen molar-refractivity contribution in [3.63, 3.8) is 0 Å². The Hall–Kier alpha value is -3.14. The van der Waals surface area contributed by atoms with Crippen LogP contribution in [0, 0.1) is 51.1 Å². The van der Waals surface area contributed by atoms with E-state index < -0.39 is 17.2 Å². The predicted molar refractivity (Wildman–Crippen MR) is 97.9 cm³/mol. The Labute approximate surface area is 158 Å². The van der Waals surface area contributed by atoms with Gasteiger partial charge >= 0.3 is 0 Å². The van der Waals surface area contributed by atoms with E-state index >= 15 is 0 Å². The fraction of sp³-hybridized carbons (Fsp3) is 0.381. The number of allylic oxidation sites excluding steroid dienone is 2. The molecule has 0 bridgehead atoms. The van der Waals surface area contributed by atoms with E-state index in [1.807, 2.05) is 6.08 Å². The molecule has 2 aliphatic rings. The van der Waals surface area contributed by atoms with Crippen LogP contribution in [0.3, 0.4) is 0 Å². The summed E-state index contributed by atoms with van der Waals surface area (Å²) in [4.78, 5) is 2.22. The highest BCUT2D eigenvalue weighted by molar-refractivity contribution is 5.59. The average Bonchev–Trinajstić information content (AvgIpc) is 2.67. The van der Waals surface area contributed by atoms with E-state index in [1.54, 1.807) is 12.1 Å². The topological polar surface area (TPSA) is 101 Å². The lowest BCUT2D eigenvalue weighted by atomic mass is 9.58. The van der Waals surface area contributed by atoms with Crippen molar-refractivity contribution in [2.45, 2.75) is 25.8 Å². The van der Waals surface area contributed by atoms with Gasteiger partial charge in [0.2, 0.25) is 0 Å². The third-order valence-electron chi connectivity index (χ3n) is 5.65. The molecule has 2 atom stereocenters. The van der Waals surface area contributed by atoms with Crippen molar-refractivity contribution in [1.82, 2.24) is 4.90 Å². The van der Waals surface area contributed by atoms with Crippen LogP contribution in [-0.4, -0.2) is 24.0 Å². The van der Waals surface area contributed by atoms with Gasteiger partial charge in [0.25, 0.3) is 0 Å². The van der Waals surface area contributed by atoms with Crippen LogP contribution >= 0.6 is 0 Å². The summed E-state index contributed by atoms with van der Waals surface area (Å²) < 4.78 is 13.5. The largest absolute Gasteiger partial charge is 0.399 e. The highest BCUT2D eigenvalue weighted by Gasteiger charge is 2.54. The van der Waals surface area contributed by atoms with Crippen LogP contribution in [0.2, 0.25) is 0 Å². The van der Waals surface area contributed by atoms with Gasteiger partial charge in [0, 0.05) is 31.0 Å². The van der Waals surface area contributed by atoms with Crippen molar-refractivity contribution in [1.29, 1.82) is 15.8 Å². The molecule has 0 spiro atoms. The van der Waals surface area contributed by atoms with E-state index in [-0.39, 0.29) is 23.2 Å². The van der Waals surface area contributed by atoms with Crippen molar-refractivity contribution < 1.29 is 4.39 Å². The molecule has 1 aromatic rings. The maximum absolute atomic E-state index is 13.5. The van der Waals surface area contributed by atoms with Crippen LogP contribution in [0.4, 0.5) is 4.39 Å². The summed E-state index contributed by atoms with van der Waals surface area (Å²) >= 11 is 0. The maximum Gasteiger partial charge on any atom is 0.191 e. The molecular weight excluding hydrogens is 341 g/mol. The summed E-state index contributed by atoms with van der Waals surface area (Å²) in [5, 5.41) is 29.6. The third kappa shape index (κ3) is 2.78. The van der Waals surface area contributed by atoms with Crippen LogP contribution in [0.25, 0.3) is 0 Å². The molecular formula is C21H20FN5. The minimum absolute atomic E-state index is 0.00942. The first-order chi connectivity index (χ1) is 12.9. The average molecular weight is 361 g/mol. The predicted octanol–water partition coefficient (Wildman–Crippen LogP) is 2.96. The second-order valence-electron chi connectivity index (χ2n) is 7.27. The van der Waals surface area contributed by atoms with Gasteiger partial charge in [-0.2, -0.15) is 15.8 Å². The normalized spacial score (nSPS) is 24.4. The van der Waals surface area contributed by atoms with Crippen molar-refractivity contribution in [2.24, 2.45) is 17.1 Å². The van der Waals surface area contributed by atoms with Crippen molar-refractivity contribution in [3.8, 4) is 18.2 Å². The summed E-state index contributed by atoms with van der Waals surface area (Å²) in [5.74, 6) is -1.23. The van der Waals surface area contributed by atoms with Gasteiger partial charge < -0.3 is 5.73 Å². The van der Waals surface area contributed by atoms with E-state index in [2.05, 4.69) is 37.0 Å². The number of nitrogens with zero attached hydrogens (tertiary/aromatic N) is 4. The Kier molecular flexibility index (Phi) is 4.75. The van der Waals surface area contributed by atoms with Gasteiger partial charge in [0.15, 0.2) is 5.41 Å². The quantitative estimate of drug-likeness (QED) is 0.873. The van der Waals surface area contributed by atoms with E-state index in [9.17, 15) is 20.2 Å². The number of hydrogen-bond donors (Lipinski definition) is 1. The van der Waals surface area contributed by atoms with Crippen LogP contribution in [0.15, 0.2) is 47.2 Å². The number of nitrogens with two attached hydrogens (primary N) is 1. The van der Waals surface area contributed by atoms with Gasteiger partial charge in [-0.3, -0.25) is 4.90 Å². The third-order valence-corrected chi connectivity index (χ3v) is 5.65. The molecule has 1 aliphatic heterocycles. The van der Waals surface area contributed by atoms with E-state index in [1.165, 1.54) is 12.1 Å². The molecule has 0 fully saturated rings. The lowest BCUT2D eigenvalue weighted by Gasteiger charge is -2.46. The fourth-order valence-corrected chi connectivity index (χ4v) is 4.17. The van der Waals surface area contributed by atoms with Crippen LogP contribution in [-0.2, 0) is 0 Å². The SMILES string of the molecule is CC(C)N1CC=C2C(C#N)=C(N)C(C#N)(C#N)[C@@H](c3ccc(F)cc3)[C@H]2C1. The molecule has 136 valence electrons. The smallest absolute Gasteiger partial charge is 0.191 e. The Balaban J connectivity index is 2.29. The number of nitriles is 3. The van der Waals surface area contributed by atoms with Gasteiger partial charge in [-0.05, 0) is 37.1 Å². The first-order valence-corrected chi connectivity index (χ1v) is 8.82. The van der Waals surface area contributed by atoms with Crippen molar-refractivity contribution in [3.05, 3.63) is 58.6 Å². The van der Waals surface area contributed by atoms with Crippen LogP contribution in [0.1, 0.15) is 25.3 Å². The second kappa shape index (κ2) is 6.88. The van der Waals surface area contributed by atoms with Gasteiger partial charge in [-0.1, -0.05) is 18.2 Å². The second-order valence-corrected chi connectivity index (χ2v) is 7.27. The highest BCUT2D eigenvalue weighted by Crippen LogP contribution is 2.54. The van der Waals surface area contributed by atoms with Crippen LogP contribution in [0.5, 0.6) is 0 Å². The molecule has 0 saturated carbocycles. The first kappa shape index (κ1) is 18.6. The lowest BCUT2D eigenvalue weighted by Crippen LogP contribution is -2.49. The van der Waals surface area contributed by atoms with E-state index in [4.69, 9.17) is 5.73 Å². The molecule has 0 aromatic heterocycles. The summed E-state index contributed by atoms with van der Waals surface area (Å²) in [5.41, 5.74) is 6.22. The molecule has 0 saturated heterocycles. The van der Waals surface area contributed by atoms with Gasteiger partial charge in [0.05, 0.1) is 23.4 Å². The monoisotopic (exact) mass is 361 g/mol. The number of hydrogen-bond acceptors (Lipinski definition) is 5. The summed E-state index contributed by atoms with van der Waals surface area (Å²) in [6, 6.07) is 12.4. The molecule has 27 heavy (non-hydrogen) atoms. The lowest BCUT2D eigenvalue weighted by molar-refractivity contribution is 0.174. The summed E-state index contributed by atoms with van der Waals surface area (Å²) in [6.07, 6.45) is 1.97. The number of halogens is 1. The van der Waals surface area contributed by atoms with Gasteiger partial charge in [-0.25, -0.2) is 4.39 Å². The molecule has 1 heterocycles.